The quantitative estimate of drug-likeness (QED) is 0.878. The lowest BCUT2D eigenvalue weighted by Gasteiger charge is -2.44. The molecule has 1 aromatic heterocycles. The van der Waals surface area contributed by atoms with E-state index in [-0.39, 0.29) is 5.91 Å². The molecule has 22 heavy (non-hydrogen) atoms. The topological polar surface area (TPSA) is 61.0 Å². The second-order valence-corrected chi connectivity index (χ2v) is 7.27. The Labute approximate surface area is 137 Å². The van der Waals surface area contributed by atoms with E-state index in [9.17, 15) is 4.79 Å². The highest BCUT2D eigenvalue weighted by Crippen LogP contribution is 2.27. The van der Waals surface area contributed by atoms with E-state index in [4.69, 9.17) is 0 Å². The predicted molar refractivity (Wildman–Crippen MR) is 88.6 cm³/mol. The summed E-state index contributed by atoms with van der Waals surface area (Å²) < 4.78 is 1.00. The summed E-state index contributed by atoms with van der Waals surface area (Å²) in [5, 5.41) is 11.5. The number of H-pyrrole nitrogens is 1. The van der Waals surface area contributed by atoms with Crippen molar-refractivity contribution in [2.75, 3.05) is 19.6 Å². The predicted octanol–water partition coefficient (Wildman–Crippen LogP) is 2.08. The number of rotatable bonds is 3. The number of benzene rings is 1. The van der Waals surface area contributed by atoms with Crippen LogP contribution in [-0.2, 0) is 11.2 Å². The Kier molecular flexibility index (Phi) is 3.66. The summed E-state index contributed by atoms with van der Waals surface area (Å²) in [6, 6.07) is 6.23. The van der Waals surface area contributed by atoms with Gasteiger partial charge in [-0.2, -0.15) is 5.10 Å². The van der Waals surface area contributed by atoms with Gasteiger partial charge in [-0.05, 0) is 50.0 Å². The maximum atomic E-state index is 12.4. The third-order valence-electron chi connectivity index (χ3n) is 4.93. The van der Waals surface area contributed by atoms with Crippen molar-refractivity contribution in [1.29, 1.82) is 0 Å². The molecule has 1 amide bonds. The van der Waals surface area contributed by atoms with E-state index in [1.165, 1.54) is 25.9 Å². The maximum absolute atomic E-state index is 12.4. The van der Waals surface area contributed by atoms with Gasteiger partial charge < -0.3 is 10.2 Å². The Morgan fingerprint density at radius 2 is 2.23 bits per heavy atom. The van der Waals surface area contributed by atoms with Crippen LogP contribution in [0, 0.1) is 5.92 Å². The van der Waals surface area contributed by atoms with Gasteiger partial charge in [-0.3, -0.25) is 9.89 Å². The number of nitrogens with one attached hydrogen (secondary N) is 2. The molecule has 3 aliphatic rings. The number of nitrogens with zero attached hydrogens (tertiary/aromatic N) is 2. The van der Waals surface area contributed by atoms with Crippen LogP contribution in [0.3, 0.4) is 0 Å². The zero-order valence-corrected chi connectivity index (χ0v) is 13.9. The van der Waals surface area contributed by atoms with Crippen LogP contribution in [0.5, 0.6) is 0 Å². The van der Waals surface area contributed by atoms with Crippen LogP contribution in [0.15, 0.2) is 22.7 Å². The first-order valence-electron chi connectivity index (χ1n) is 7.83. The van der Waals surface area contributed by atoms with Crippen LogP contribution in [-0.4, -0.2) is 46.7 Å². The van der Waals surface area contributed by atoms with Crippen LogP contribution in [0.1, 0.15) is 18.5 Å². The molecule has 4 heterocycles. The van der Waals surface area contributed by atoms with Gasteiger partial charge >= 0.3 is 0 Å². The van der Waals surface area contributed by atoms with Crippen molar-refractivity contribution in [3.8, 4) is 0 Å². The van der Waals surface area contributed by atoms with Crippen molar-refractivity contribution >= 4 is 32.7 Å². The molecular weight excluding hydrogens is 344 g/mol. The summed E-state index contributed by atoms with van der Waals surface area (Å²) in [7, 11) is 0. The molecule has 5 nitrogen and oxygen atoms in total. The summed E-state index contributed by atoms with van der Waals surface area (Å²) in [4.78, 5) is 14.8. The molecule has 0 unspecified atom stereocenters. The molecule has 2 N–H and O–H groups in total. The van der Waals surface area contributed by atoms with Crippen LogP contribution in [0.2, 0.25) is 0 Å². The van der Waals surface area contributed by atoms with Crippen molar-refractivity contribution in [3.63, 3.8) is 0 Å². The minimum absolute atomic E-state index is 0.0873. The first kappa shape index (κ1) is 14.2. The van der Waals surface area contributed by atoms with Gasteiger partial charge in [0.05, 0.1) is 17.6 Å². The largest absolute Gasteiger partial charge is 0.351 e. The highest BCUT2D eigenvalue weighted by molar-refractivity contribution is 9.10. The van der Waals surface area contributed by atoms with Crippen molar-refractivity contribution in [1.82, 2.24) is 20.4 Å². The smallest absolute Gasteiger partial charge is 0.226 e. The molecule has 3 aliphatic heterocycles. The molecular formula is C16H19BrN4O. The molecule has 0 radical (unpaired) electrons. The van der Waals surface area contributed by atoms with Crippen LogP contribution < -0.4 is 5.32 Å². The molecule has 0 spiro atoms. The highest BCUT2D eigenvalue weighted by atomic mass is 79.9. The zero-order valence-electron chi connectivity index (χ0n) is 12.3. The number of halogens is 1. The third-order valence-corrected chi connectivity index (χ3v) is 5.43. The second kappa shape index (κ2) is 5.66. The minimum Gasteiger partial charge on any atom is -0.351 e. The van der Waals surface area contributed by atoms with Crippen LogP contribution in [0.25, 0.3) is 10.9 Å². The number of carbonyl (C=O) groups is 1. The van der Waals surface area contributed by atoms with Gasteiger partial charge in [0.15, 0.2) is 0 Å². The van der Waals surface area contributed by atoms with Crippen molar-refractivity contribution in [2.24, 2.45) is 5.92 Å². The summed E-state index contributed by atoms with van der Waals surface area (Å²) in [6.45, 7) is 3.39. The fourth-order valence-electron chi connectivity index (χ4n) is 3.72. The van der Waals surface area contributed by atoms with E-state index in [1.807, 2.05) is 18.2 Å². The molecule has 0 aliphatic carbocycles. The Hall–Kier alpha value is -1.40. The highest BCUT2D eigenvalue weighted by Gasteiger charge is 2.34. The number of carbonyl (C=O) groups excluding carboxylic acids is 1. The van der Waals surface area contributed by atoms with E-state index < -0.39 is 0 Å². The number of hydrogen-bond acceptors (Lipinski definition) is 3. The van der Waals surface area contributed by atoms with E-state index in [1.54, 1.807) is 0 Å². The standard InChI is InChI=1S/C16H19BrN4O/c17-11-1-2-13-12(7-11)14(20-19-13)8-16(22)18-15-9-21-5-3-10(15)4-6-21/h1-2,7,10,15H,3-6,8-9H2,(H,18,22)(H,19,20)/t15-/m1/s1. The van der Waals surface area contributed by atoms with Gasteiger partial charge in [0.2, 0.25) is 5.91 Å². The van der Waals surface area contributed by atoms with Gasteiger partial charge in [0.25, 0.3) is 0 Å². The van der Waals surface area contributed by atoms with E-state index in [0.717, 1.165) is 27.6 Å². The lowest BCUT2D eigenvalue weighted by Crippen LogP contribution is -2.57. The van der Waals surface area contributed by atoms with Crippen molar-refractivity contribution < 1.29 is 4.79 Å². The van der Waals surface area contributed by atoms with Gasteiger partial charge in [-0.15, -0.1) is 0 Å². The van der Waals surface area contributed by atoms with Crippen LogP contribution in [0.4, 0.5) is 0 Å². The SMILES string of the molecule is O=C(Cc1[nH]nc2ccc(Br)cc12)N[C@@H]1CN2CCC1CC2. The average Bonchev–Trinajstić information content (AvgIpc) is 2.90. The summed E-state index contributed by atoms with van der Waals surface area (Å²) in [5.41, 5.74) is 1.78. The fraction of sp³-hybridized carbons (Fsp3) is 0.500. The van der Waals surface area contributed by atoms with Gasteiger partial charge in [0.1, 0.15) is 0 Å². The molecule has 116 valence electrons. The van der Waals surface area contributed by atoms with Crippen molar-refractivity contribution in [2.45, 2.75) is 25.3 Å². The van der Waals surface area contributed by atoms with E-state index >= 15 is 0 Å². The van der Waals surface area contributed by atoms with E-state index in [2.05, 4.69) is 36.3 Å². The Morgan fingerprint density at radius 3 is 2.95 bits per heavy atom. The molecule has 2 aromatic rings. The molecule has 0 saturated carbocycles. The van der Waals surface area contributed by atoms with Gasteiger partial charge in [0, 0.05) is 22.4 Å². The monoisotopic (exact) mass is 362 g/mol. The maximum Gasteiger partial charge on any atom is 0.226 e. The van der Waals surface area contributed by atoms with E-state index in [0.29, 0.717) is 18.4 Å². The van der Waals surface area contributed by atoms with Crippen molar-refractivity contribution in [3.05, 3.63) is 28.4 Å². The van der Waals surface area contributed by atoms with Crippen LogP contribution >= 0.6 is 15.9 Å². The summed E-state index contributed by atoms with van der Waals surface area (Å²) in [6.07, 6.45) is 2.78. The molecule has 6 heteroatoms. The molecule has 3 fully saturated rings. The molecule has 5 rings (SSSR count). The Morgan fingerprint density at radius 1 is 1.41 bits per heavy atom. The Balaban J connectivity index is 1.46. The molecule has 1 aromatic carbocycles. The van der Waals surface area contributed by atoms with Gasteiger partial charge in [-0.1, -0.05) is 15.9 Å². The third kappa shape index (κ3) is 2.65. The lowest BCUT2D eigenvalue weighted by atomic mass is 9.84. The first-order valence-corrected chi connectivity index (χ1v) is 8.62. The number of aromatic amines is 1. The number of piperidine rings is 3. The minimum atomic E-state index is 0.0873. The average molecular weight is 363 g/mol. The summed E-state index contributed by atoms with van der Waals surface area (Å²) >= 11 is 3.47. The fourth-order valence-corrected chi connectivity index (χ4v) is 4.08. The number of hydrogen-bond donors (Lipinski definition) is 2. The normalized spacial score (nSPS) is 27.2. The number of fused-ring (bicyclic) bond motifs is 4. The number of amides is 1. The first-order chi connectivity index (χ1) is 10.7. The number of aromatic nitrogens is 2. The van der Waals surface area contributed by atoms with Gasteiger partial charge in [-0.25, -0.2) is 0 Å². The lowest BCUT2D eigenvalue weighted by molar-refractivity contribution is -0.122. The molecule has 1 atom stereocenters. The molecule has 3 saturated heterocycles. The zero-order chi connectivity index (χ0) is 15.1. The molecule has 2 bridgehead atoms. The second-order valence-electron chi connectivity index (χ2n) is 6.35. The Bertz CT molecular complexity index is 705. The summed E-state index contributed by atoms with van der Waals surface area (Å²) in [5.74, 6) is 0.742.